The predicted octanol–water partition coefficient (Wildman–Crippen LogP) is 5.40. The smallest absolute Gasteiger partial charge is 0.232 e. The monoisotopic (exact) mass is 504 g/mol. The molecule has 1 N–H and O–H groups in total. The quantitative estimate of drug-likeness (QED) is 0.482. The number of ketones is 1. The largest absolute Gasteiger partial charge is 0.507 e. The van der Waals surface area contributed by atoms with Crippen LogP contribution in [0.4, 0.5) is 5.69 Å². The molecule has 5 rings (SSSR count). The number of Topliss-reactive ketones (excluding diaryl/α,β-unsaturated/α-hetero) is 1. The molecule has 5 nitrogen and oxygen atoms in total. The SMILES string of the molecule is Cc1cc(O)c(CN2CCN(c3ccccc3)CC2)c2c1C(=O)/C(=C/c1ccc(Br)cc1)O2. The molecule has 168 valence electrons. The number of fused-ring (bicyclic) bond motifs is 1. The molecule has 0 atom stereocenters. The molecule has 0 unspecified atom stereocenters. The average molecular weight is 505 g/mol. The number of ether oxygens (including phenoxy) is 1. The fourth-order valence-corrected chi connectivity index (χ4v) is 4.73. The number of aromatic hydroxyl groups is 1. The summed E-state index contributed by atoms with van der Waals surface area (Å²) in [5, 5.41) is 10.8. The lowest BCUT2D eigenvalue weighted by atomic mass is 9.99. The highest BCUT2D eigenvalue weighted by Crippen LogP contribution is 2.42. The number of benzene rings is 3. The first-order valence-electron chi connectivity index (χ1n) is 11.1. The van der Waals surface area contributed by atoms with Gasteiger partial charge in [-0.1, -0.05) is 46.3 Å². The average Bonchev–Trinajstić information content (AvgIpc) is 3.15. The Morgan fingerprint density at radius 1 is 1.03 bits per heavy atom. The number of carbonyl (C=O) groups excluding carboxylic acids is 1. The number of carbonyl (C=O) groups is 1. The minimum atomic E-state index is -0.138. The van der Waals surface area contributed by atoms with E-state index in [0.717, 1.165) is 41.8 Å². The summed E-state index contributed by atoms with van der Waals surface area (Å²) >= 11 is 3.43. The van der Waals surface area contributed by atoms with Gasteiger partial charge in [0.2, 0.25) is 5.78 Å². The summed E-state index contributed by atoms with van der Waals surface area (Å²) in [6.45, 7) is 5.93. The first-order valence-corrected chi connectivity index (χ1v) is 11.9. The van der Waals surface area contributed by atoms with Crippen LogP contribution < -0.4 is 9.64 Å². The van der Waals surface area contributed by atoms with Crippen LogP contribution in [0, 0.1) is 6.92 Å². The molecule has 0 spiro atoms. The normalized spacial score (nSPS) is 17.3. The summed E-state index contributed by atoms with van der Waals surface area (Å²) in [5.74, 6) is 0.817. The summed E-state index contributed by atoms with van der Waals surface area (Å²) in [5.41, 5.74) is 4.07. The number of para-hydroxylation sites is 1. The molecule has 0 aliphatic carbocycles. The Morgan fingerprint density at radius 2 is 1.73 bits per heavy atom. The number of allylic oxidation sites excluding steroid dienone is 1. The number of aryl methyl sites for hydroxylation is 1. The van der Waals surface area contributed by atoms with Crippen molar-refractivity contribution in [2.75, 3.05) is 31.1 Å². The van der Waals surface area contributed by atoms with Crippen LogP contribution in [0.5, 0.6) is 11.5 Å². The van der Waals surface area contributed by atoms with Crippen LogP contribution in [0.2, 0.25) is 0 Å². The number of hydrogen-bond acceptors (Lipinski definition) is 5. The van der Waals surface area contributed by atoms with E-state index >= 15 is 0 Å². The van der Waals surface area contributed by atoms with Crippen molar-refractivity contribution in [3.8, 4) is 11.5 Å². The maximum absolute atomic E-state index is 13.1. The van der Waals surface area contributed by atoms with E-state index in [9.17, 15) is 9.90 Å². The second-order valence-corrected chi connectivity index (χ2v) is 9.40. The number of halogens is 1. The predicted molar refractivity (Wildman–Crippen MR) is 134 cm³/mol. The van der Waals surface area contributed by atoms with Gasteiger partial charge in [0.05, 0.1) is 11.1 Å². The van der Waals surface area contributed by atoms with Crippen LogP contribution in [0.1, 0.15) is 27.0 Å². The van der Waals surface area contributed by atoms with Crippen LogP contribution in [0.3, 0.4) is 0 Å². The highest BCUT2D eigenvalue weighted by Gasteiger charge is 2.34. The van der Waals surface area contributed by atoms with Gasteiger partial charge in [0, 0.05) is 42.9 Å². The van der Waals surface area contributed by atoms with Crippen LogP contribution in [0.15, 0.2) is 70.9 Å². The van der Waals surface area contributed by atoms with E-state index in [1.165, 1.54) is 5.69 Å². The lowest BCUT2D eigenvalue weighted by molar-refractivity contribution is 0.101. The standard InChI is InChI=1S/C27H25BrN2O3/c1-18-15-23(31)22(17-29-11-13-30(14-12-29)21-5-3-2-4-6-21)27-25(18)26(32)24(33-27)16-19-7-9-20(28)10-8-19/h2-10,15-16,31H,11-14,17H2,1H3/b24-16-. The van der Waals surface area contributed by atoms with Gasteiger partial charge in [0.15, 0.2) is 5.76 Å². The van der Waals surface area contributed by atoms with Crippen molar-refractivity contribution in [1.82, 2.24) is 4.90 Å². The number of nitrogens with zero attached hydrogens (tertiary/aromatic N) is 2. The van der Waals surface area contributed by atoms with Gasteiger partial charge in [-0.2, -0.15) is 0 Å². The summed E-state index contributed by atoms with van der Waals surface area (Å²) in [4.78, 5) is 17.8. The van der Waals surface area contributed by atoms with E-state index in [4.69, 9.17) is 4.74 Å². The van der Waals surface area contributed by atoms with Gasteiger partial charge in [-0.15, -0.1) is 0 Å². The maximum atomic E-state index is 13.1. The van der Waals surface area contributed by atoms with Crippen molar-refractivity contribution >= 4 is 33.5 Å². The summed E-state index contributed by atoms with van der Waals surface area (Å²) in [7, 11) is 0. The Bertz CT molecular complexity index is 1210. The third kappa shape index (κ3) is 4.41. The molecule has 33 heavy (non-hydrogen) atoms. The highest BCUT2D eigenvalue weighted by molar-refractivity contribution is 9.10. The molecule has 2 aliphatic heterocycles. The van der Waals surface area contributed by atoms with E-state index < -0.39 is 0 Å². The summed E-state index contributed by atoms with van der Waals surface area (Å²) < 4.78 is 7.06. The third-order valence-corrected chi connectivity index (χ3v) is 6.79. The van der Waals surface area contributed by atoms with E-state index in [2.05, 4.69) is 50.0 Å². The molecule has 0 bridgehead atoms. The molecular weight excluding hydrogens is 480 g/mol. The van der Waals surface area contributed by atoms with E-state index in [0.29, 0.717) is 23.4 Å². The summed E-state index contributed by atoms with van der Waals surface area (Å²) in [6, 6.07) is 19.8. The highest BCUT2D eigenvalue weighted by atomic mass is 79.9. The molecular formula is C27H25BrN2O3. The minimum absolute atomic E-state index is 0.138. The topological polar surface area (TPSA) is 53.0 Å². The van der Waals surface area contributed by atoms with E-state index in [1.807, 2.05) is 37.3 Å². The van der Waals surface area contributed by atoms with Crippen molar-refractivity contribution < 1.29 is 14.6 Å². The second kappa shape index (κ2) is 9.04. The summed E-state index contributed by atoms with van der Waals surface area (Å²) in [6.07, 6.45) is 1.76. The number of piperazine rings is 1. The van der Waals surface area contributed by atoms with Gasteiger partial charge in [0.25, 0.3) is 0 Å². The third-order valence-electron chi connectivity index (χ3n) is 6.26. The van der Waals surface area contributed by atoms with E-state index in [-0.39, 0.29) is 17.3 Å². The van der Waals surface area contributed by atoms with Gasteiger partial charge >= 0.3 is 0 Å². The van der Waals surface area contributed by atoms with Crippen molar-refractivity contribution in [2.45, 2.75) is 13.5 Å². The van der Waals surface area contributed by atoms with Gasteiger partial charge < -0.3 is 14.7 Å². The molecule has 1 saturated heterocycles. The Balaban J connectivity index is 1.37. The molecule has 0 saturated carbocycles. The van der Waals surface area contributed by atoms with Gasteiger partial charge in [-0.3, -0.25) is 9.69 Å². The first kappa shape index (κ1) is 21.7. The fourth-order valence-electron chi connectivity index (χ4n) is 4.47. The minimum Gasteiger partial charge on any atom is -0.507 e. The number of anilines is 1. The molecule has 0 amide bonds. The molecule has 3 aromatic rings. The second-order valence-electron chi connectivity index (χ2n) is 8.49. The van der Waals surface area contributed by atoms with Crippen LogP contribution >= 0.6 is 15.9 Å². The van der Waals surface area contributed by atoms with Crippen LogP contribution in [-0.4, -0.2) is 42.0 Å². The molecule has 0 radical (unpaired) electrons. The Morgan fingerprint density at radius 3 is 2.42 bits per heavy atom. The zero-order valence-electron chi connectivity index (χ0n) is 18.4. The van der Waals surface area contributed by atoms with Crippen molar-refractivity contribution in [1.29, 1.82) is 0 Å². The lowest BCUT2D eigenvalue weighted by Gasteiger charge is -2.36. The van der Waals surface area contributed by atoms with Crippen LogP contribution in [0.25, 0.3) is 6.08 Å². The van der Waals surface area contributed by atoms with Gasteiger partial charge in [-0.05, 0) is 54.5 Å². The van der Waals surface area contributed by atoms with Crippen molar-refractivity contribution in [2.24, 2.45) is 0 Å². The molecule has 1 fully saturated rings. The zero-order valence-corrected chi connectivity index (χ0v) is 20.0. The molecule has 0 aromatic heterocycles. The molecule has 3 aromatic carbocycles. The van der Waals surface area contributed by atoms with Gasteiger partial charge in [0.1, 0.15) is 11.5 Å². The van der Waals surface area contributed by atoms with Crippen molar-refractivity contribution in [3.63, 3.8) is 0 Å². The lowest BCUT2D eigenvalue weighted by Crippen LogP contribution is -2.46. The van der Waals surface area contributed by atoms with E-state index in [1.54, 1.807) is 12.1 Å². The maximum Gasteiger partial charge on any atom is 0.232 e. The Labute approximate surface area is 202 Å². The molecule has 6 heteroatoms. The van der Waals surface area contributed by atoms with Gasteiger partial charge in [-0.25, -0.2) is 0 Å². The van der Waals surface area contributed by atoms with Crippen molar-refractivity contribution in [3.05, 3.63) is 93.1 Å². The van der Waals surface area contributed by atoms with Crippen LogP contribution in [-0.2, 0) is 6.54 Å². The Hall–Kier alpha value is -3.09. The Kier molecular flexibility index (Phi) is 5.96. The number of phenolic OH excluding ortho intramolecular Hbond substituents is 1. The molecule has 2 heterocycles. The number of rotatable bonds is 4. The fraction of sp³-hybridized carbons (Fsp3) is 0.222. The first-order chi connectivity index (χ1) is 16.0. The number of hydrogen-bond donors (Lipinski definition) is 1. The zero-order chi connectivity index (χ0) is 22.9. The molecule has 2 aliphatic rings. The number of phenols is 1.